The normalized spacial score (nSPS) is 11.9. The van der Waals surface area contributed by atoms with Crippen molar-refractivity contribution in [2.24, 2.45) is 0 Å². The first kappa shape index (κ1) is 24.4. The minimum Gasteiger partial charge on any atom is -0.468 e. The Balaban J connectivity index is 2.18. The predicted octanol–water partition coefficient (Wildman–Crippen LogP) is 6.02. The number of urea groups is 1. The molecule has 0 bridgehead atoms. The largest absolute Gasteiger partial charge is 0.468 e. The summed E-state index contributed by atoms with van der Waals surface area (Å²) in [5, 5.41) is 4.11. The molecule has 0 aliphatic heterocycles. The Labute approximate surface area is 182 Å². The molecule has 2 amide bonds. The Morgan fingerprint density at radius 2 is 1.43 bits per heavy atom. The number of nitrogens with zero attached hydrogens (tertiary/aromatic N) is 2. The molecule has 2 rings (SSSR count). The van der Waals surface area contributed by atoms with Gasteiger partial charge in [-0.25, -0.2) is 4.79 Å². The fourth-order valence-corrected chi connectivity index (χ4v) is 3.26. The van der Waals surface area contributed by atoms with Gasteiger partial charge in [0.05, 0.1) is 16.1 Å². The lowest BCUT2D eigenvalue weighted by molar-refractivity contribution is -0.154. The molecular weight excluding hydrogens is 513 g/mol. The smallest absolute Gasteiger partial charge is 0.422 e. The lowest BCUT2D eigenvalue weighted by atomic mass is 10.5. The lowest BCUT2D eigenvalue weighted by Crippen LogP contribution is -2.23. The van der Waals surface area contributed by atoms with Crippen molar-refractivity contribution >= 4 is 63.1 Å². The van der Waals surface area contributed by atoms with E-state index < -0.39 is 49.3 Å². The summed E-state index contributed by atoms with van der Waals surface area (Å²) in [6.45, 7) is -3.59. The van der Waals surface area contributed by atoms with Crippen LogP contribution in [0, 0.1) is 0 Å². The van der Waals surface area contributed by atoms with E-state index in [9.17, 15) is 31.1 Å². The number of thiophene rings is 1. The second-order valence-corrected chi connectivity index (χ2v) is 7.47. The van der Waals surface area contributed by atoms with Gasteiger partial charge in [-0.2, -0.15) is 36.3 Å². The van der Waals surface area contributed by atoms with Crippen LogP contribution in [0.15, 0.2) is 6.07 Å². The van der Waals surface area contributed by atoms with Crippen molar-refractivity contribution in [3.63, 3.8) is 0 Å². The van der Waals surface area contributed by atoms with E-state index in [1.807, 2.05) is 5.32 Å². The van der Waals surface area contributed by atoms with E-state index in [4.69, 9.17) is 34.8 Å². The third kappa shape index (κ3) is 7.74. The van der Waals surface area contributed by atoms with Crippen LogP contribution >= 0.6 is 46.1 Å². The minimum absolute atomic E-state index is 0.0159. The Hall–Kier alpha value is -1.90. The summed E-state index contributed by atoms with van der Waals surface area (Å²) in [6.07, 6.45) is -9.51. The molecule has 166 valence electrons. The Morgan fingerprint density at radius 3 is 1.83 bits per heavy atom. The molecule has 0 saturated carbocycles. The van der Waals surface area contributed by atoms with Crippen molar-refractivity contribution in [1.82, 2.24) is 9.97 Å². The molecular formula is C13H7Cl3F6N4O3S. The highest BCUT2D eigenvalue weighted by Crippen LogP contribution is 2.44. The number of carbonyl (C=O) groups is 1. The molecule has 0 aliphatic carbocycles. The highest BCUT2D eigenvalue weighted by molar-refractivity contribution is 7.21. The van der Waals surface area contributed by atoms with E-state index in [0.29, 0.717) is 6.07 Å². The van der Waals surface area contributed by atoms with E-state index in [1.165, 1.54) is 0 Å². The van der Waals surface area contributed by atoms with Crippen LogP contribution in [-0.4, -0.2) is 41.6 Å². The van der Waals surface area contributed by atoms with Gasteiger partial charge in [-0.15, -0.1) is 11.3 Å². The third-order valence-electron chi connectivity index (χ3n) is 2.66. The molecule has 7 nitrogen and oxygen atoms in total. The SMILES string of the molecule is O=C(Nc1nc(OCC(F)(F)F)cc(OCC(F)(F)F)n1)Nc1sc(Cl)c(Cl)c1Cl. The van der Waals surface area contributed by atoms with Crippen LogP contribution < -0.4 is 20.1 Å². The van der Waals surface area contributed by atoms with Crippen molar-refractivity contribution in [3.8, 4) is 11.8 Å². The highest BCUT2D eigenvalue weighted by atomic mass is 35.5. The highest BCUT2D eigenvalue weighted by Gasteiger charge is 2.30. The maximum Gasteiger partial charge on any atom is 0.422 e. The van der Waals surface area contributed by atoms with Crippen LogP contribution in [0.25, 0.3) is 0 Å². The number of hydrogen-bond donors (Lipinski definition) is 2. The quantitative estimate of drug-likeness (QED) is 0.456. The number of hydrogen-bond acceptors (Lipinski definition) is 6. The van der Waals surface area contributed by atoms with Gasteiger partial charge in [0.1, 0.15) is 9.34 Å². The monoisotopic (exact) mass is 518 g/mol. The van der Waals surface area contributed by atoms with E-state index in [1.54, 1.807) is 0 Å². The van der Waals surface area contributed by atoms with Crippen LogP contribution in [0.2, 0.25) is 14.4 Å². The fraction of sp³-hybridized carbons (Fsp3) is 0.308. The first-order valence-corrected chi connectivity index (χ1v) is 9.18. The molecule has 0 unspecified atom stereocenters. The van der Waals surface area contributed by atoms with E-state index in [2.05, 4.69) is 24.8 Å². The summed E-state index contributed by atoms with van der Waals surface area (Å²) in [4.78, 5) is 18.9. The third-order valence-corrected chi connectivity index (χ3v) is 5.14. The number of carbonyl (C=O) groups excluding carboxylic acids is 1. The summed E-state index contributed by atoms with van der Waals surface area (Å²) < 4.78 is 82.6. The van der Waals surface area contributed by atoms with Gasteiger partial charge in [-0.05, 0) is 0 Å². The summed E-state index contributed by atoms with van der Waals surface area (Å²) in [6, 6.07) is -0.461. The zero-order chi connectivity index (χ0) is 22.7. The Morgan fingerprint density at radius 1 is 0.933 bits per heavy atom. The molecule has 0 spiro atoms. The molecule has 0 fully saturated rings. The van der Waals surface area contributed by atoms with E-state index in [0.717, 1.165) is 11.3 Å². The summed E-state index contributed by atoms with van der Waals surface area (Å²) in [5.74, 6) is -2.31. The van der Waals surface area contributed by atoms with Crippen LogP contribution in [0.5, 0.6) is 11.8 Å². The van der Waals surface area contributed by atoms with Crippen molar-refractivity contribution in [1.29, 1.82) is 0 Å². The maximum absolute atomic E-state index is 12.3. The molecule has 30 heavy (non-hydrogen) atoms. The molecule has 17 heteroatoms. The van der Waals surface area contributed by atoms with Crippen LogP contribution in [0.1, 0.15) is 0 Å². The number of nitrogens with one attached hydrogen (secondary N) is 2. The average molecular weight is 520 g/mol. The topological polar surface area (TPSA) is 85.4 Å². The Kier molecular flexibility index (Phi) is 7.71. The van der Waals surface area contributed by atoms with Gasteiger partial charge < -0.3 is 9.47 Å². The second kappa shape index (κ2) is 9.49. The Bertz CT molecular complexity index is 888. The van der Waals surface area contributed by atoms with Crippen molar-refractivity contribution in [3.05, 3.63) is 20.4 Å². The average Bonchev–Trinajstić information content (AvgIpc) is 2.84. The van der Waals surface area contributed by atoms with Gasteiger partial charge in [0.25, 0.3) is 0 Å². The molecule has 0 aromatic carbocycles. The van der Waals surface area contributed by atoms with Crippen LogP contribution in [-0.2, 0) is 0 Å². The van der Waals surface area contributed by atoms with Gasteiger partial charge in [-0.3, -0.25) is 10.6 Å². The van der Waals surface area contributed by atoms with Crippen molar-refractivity contribution < 1.29 is 40.6 Å². The summed E-state index contributed by atoms with van der Waals surface area (Å²) >= 11 is 18.2. The van der Waals surface area contributed by atoms with Gasteiger partial charge in [0.15, 0.2) is 13.2 Å². The molecule has 2 N–H and O–H groups in total. The number of ether oxygens (including phenoxy) is 2. The van der Waals surface area contributed by atoms with Crippen LogP contribution in [0.3, 0.4) is 0 Å². The van der Waals surface area contributed by atoms with Crippen molar-refractivity contribution in [2.75, 3.05) is 23.8 Å². The molecule has 0 saturated heterocycles. The molecule has 0 atom stereocenters. The van der Waals surface area contributed by atoms with Crippen LogP contribution in [0.4, 0.5) is 42.1 Å². The first-order chi connectivity index (χ1) is 13.7. The van der Waals surface area contributed by atoms with E-state index in [-0.39, 0.29) is 19.4 Å². The number of amides is 2. The van der Waals surface area contributed by atoms with Gasteiger partial charge in [0.2, 0.25) is 17.7 Å². The fourth-order valence-electron chi connectivity index (χ4n) is 1.60. The summed E-state index contributed by atoms with van der Waals surface area (Å²) in [5.41, 5.74) is 0. The van der Waals surface area contributed by atoms with Gasteiger partial charge >= 0.3 is 18.4 Å². The number of halogens is 9. The zero-order valence-electron chi connectivity index (χ0n) is 13.9. The van der Waals surface area contributed by atoms with Crippen molar-refractivity contribution in [2.45, 2.75) is 12.4 Å². The number of aromatic nitrogens is 2. The molecule has 0 radical (unpaired) electrons. The maximum atomic E-state index is 12.3. The number of rotatable bonds is 6. The molecule has 2 aromatic rings. The standard InChI is InChI=1S/C13H7Cl3F6N4O3S/c14-6-7(15)9(30-8(6)16)25-11(27)26-10-23-4(28-2-12(17,18)19)1-5(24-10)29-3-13(20,21)22/h1H,2-3H2,(H2,23,24,25,26,27). The minimum atomic E-state index is -4.75. The number of anilines is 2. The van der Waals surface area contributed by atoms with Gasteiger partial charge in [-0.1, -0.05) is 34.8 Å². The number of alkyl halides is 6. The van der Waals surface area contributed by atoms with E-state index >= 15 is 0 Å². The molecule has 2 aromatic heterocycles. The molecule has 0 aliphatic rings. The first-order valence-electron chi connectivity index (χ1n) is 7.23. The lowest BCUT2D eigenvalue weighted by Gasteiger charge is -2.13. The zero-order valence-corrected chi connectivity index (χ0v) is 17.0. The molecule has 2 heterocycles. The predicted molar refractivity (Wildman–Crippen MR) is 97.1 cm³/mol. The second-order valence-electron chi connectivity index (χ2n) is 5.09. The van der Waals surface area contributed by atoms with Gasteiger partial charge in [0, 0.05) is 0 Å². The summed E-state index contributed by atoms with van der Waals surface area (Å²) in [7, 11) is 0.